The number of nitrogens with zero attached hydrogens (tertiary/aromatic N) is 1. The Kier molecular flexibility index (Phi) is 5.75. The molecule has 24 heavy (non-hydrogen) atoms. The van der Waals surface area contributed by atoms with E-state index in [1.54, 1.807) is 6.26 Å². The van der Waals surface area contributed by atoms with Crippen LogP contribution in [-0.2, 0) is 16.1 Å². The summed E-state index contributed by atoms with van der Waals surface area (Å²) in [5.74, 6) is -0.164. The number of allylic oxidation sites excluding steroid dienone is 1. The highest BCUT2D eigenvalue weighted by atomic mass is 16.5. The first-order valence-corrected chi connectivity index (χ1v) is 8.85. The molecule has 130 valence electrons. The molecule has 1 fully saturated rings. The second-order valence-corrected chi connectivity index (χ2v) is 6.76. The van der Waals surface area contributed by atoms with Crippen LogP contribution in [0.25, 0.3) is 0 Å². The average molecular weight is 329 g/mol. The average Bonchev–Trinajstić information content (AvgIpc) is 2.62. The fourth-order valence-corrected chi connectivity index (χ4v) is 3.38. The van der Waals surface area contributed by atoms with Crippen LogP contribution in [0.15, 0.2) is 36.6 Å². The van der Waals surface area contributed by atoms with Gasteiger partial charge in [0.2, 0.25) is 5.91 Å². The molecule has 0 unspecified atom stereocenters. The second-order valence-electron chi connectivity index (χ2n) is 6.76. The van der Waals surface area contributed by atoms with Gasteiger partial charge >= 0.3 is 0 Å². The maximum absolute atomic E-state index is 11.4. The summed E-state index contributed by atoms with van der Waals surface area (Å²) in [5.41, 5.74) is 7.83. The Morgan fingerprint density at radius 2 is 2.12 bits per heavy atom. The lowest BCUT2D eigenvalue weighted by molar-refractivity contribution is -0.123. The highest BCUT2D eigenvalue weighted by Crippen LogP contribution is 2.19. The number of hydrogen-bond donors (Lipinski definition) is 2. The van der Waals surface area contributed by atoms with E-state index < -0.39 is 0 Å². The minimum absolute atomic E-state index is 0.00392. The predicted octanol–water partition coefficient (Wildman–Crippen LogP) is 2.49. The molecule has 2 aliphatic heterocycles. The van der Waals surface area contributed by atoms with E-state index in [1.165, 1.54) is 5.56 Å². The third-order valence-electron chi connectivity index (χ3n) is 4.82. The lowest BCUT2D eigenvalue weighted by Gasteiger charge is -2.31. The summed E-state index contributed by atoms with van der Waals surface area (Å²) in [6.45, 7) is 3.52. The van der Waals surface area contributed by atoms with Crippen molar-refractivity contribution in [2.24, 2.45) is 11.7 Å². The van der Waals surface area contributed by atoms with Crippen molar-refractivity contribution in [2.45, 2.75) is 38.3 Å². The van der Waals surface area contributed by atoms with E-state index in [-0.39, 0.29) is 17.9 Å². The van der Waals surface area contributed by atoms with Crippen LogP contribution in [0.4, 0.5) is 5.69 Å². The van der Waals surface area contributed by atoms with Gasteiger partial charge in [-0.05, 0) is 56.0 Å². The molecule has 0 spiro atoms. The van der Waals surface area contributed by atoms with Crippen LogP contribution in [0, 0.1) is 5.92 Å². The van der Waals surface area contributed by atoms with Crippen LogP contribution in [-0.4, -0.2) is 36.5 Å². The zero-order chi connectivity index (χ0) is 16.8. The molecule has 1 aromatic rings. The predicted molar refractivity (Wildman–Crippen MR) is 95.4 cm³/mol. The van der Waals surface area contributed by atoms with Gasteiger partial charge in [0, 0.05) is 18.8 Å². The Labute approximate surface area is 143 Å². The number of benzene rings is 1. The van der Waals surface area contributed by atoms with Gasteiger partial charge in [0.15, 0.2) is 0 Å². The van der Waals surface area contributed by atoms with Crippen molar-refractivity contribution in [1.82, 2.24) is 4.90 Å². The summed E-state index contributed by atoms with van der Waals surface area (Å²) in [6.07, 6.45) is 8.25. The molecule has 5 heteroatoms. The normalized spacial score (nSPS) is 24.3. The maximum atomic E-state index is 11.4. The number of piperidine rings is 1. The van der Waals surface area contributed by atoms with Crippen LogP contribution >= 0.6 is 0 Å². The number of ether oxygens (including phenoxy) is 1. The smallest absolute Gasteiger partial charge is 0.221 e. The van der Waals surface area contributed by atoms with E-state index in [0.29, 0.717) is 0 Å². The molecule has 3 rings (SSSR count). The fourth-order valence-electron chi connectivity index (χ4n) is 3.38. The molecule has 0 aromatic heterocycles. The van der Waals surface area contributed by atoms with Gasteiger partial charge in [0.25, 0.3) is 0 Å². The molecule has 1 saturated heterocycles. The minimum atomic E-state index is -0.168. The van der Waals surface area contributed by atoms with Crippen LogP contribution in [0.1, 0.15) is 31.2 Å². The monoisotopic (exact) mass is 329 g/mol. The Bertz CT molecular complexity index is 570. The fraction of sp³-hybridized carbons (Fsp3) is 0.526. The number of carbonyl (C=O) groups is 1. The molecule has 0 aliphatic carbocycles. The van der Waals surface area contributed by atoms with Gasteiger partial charge in [-0.1, -0.05) is 12.1 Å². The van der Waals surface area contributed by atoms with Gasteiger partial charge in [0.1, 0.15) is 6.10 Å². The Balaban J connectivity index is 1.47. The van der Waals surface area contributed by atoms with E-state index >= 15 is 0 Å². The van der Waals surface area contributed by atoms with E-state index in [9.17, 15) is 4.79 Å². The maximum Gasteiger partial charge on any atom is 0.221 e. The number of primary amides is 1. The number of carbonyl (C=O) groups excluding carboxylic acids is 1. The lowest BCUT2D eigenvalue weighted by Crippen LogP contribution is -2.40. The van der Waals surface area contributed by atoms with Gasteiger partial charge in [-0.25, -0.2) is 0 Å². The second kappa shape index (κ2) is 8.20. The largest absolute Gasteiger partial charge is 0.497 e. The summed E-state index contributed by atoms with van der Waals surface area (Å²) >= 11 is 0. The third kappa shape index (κ3) is 4.74. The van der Waals surface area contributed by atoms with Gasteiger partial charge in [-0.2, -0.15) is 0 Å². The summed E-state index contributed by atoms with van der Waals surface area (Å²) in [7, 11) is 0. The number of anilines is 1. The van der Waals surface area contributed by atoms with Crippen LogP contribution in [0.5, 0.6) is 0 Å². The molecule has 3 N–H and O–H groups in total. The SMILES string of the molecule is NC(=O)[C@@H]1CCCN(Cc2ccc(NC[C@@H]3CCC=CO3)cc2)C1. The first-order valence-electron chi connectivity index (χ1n) is 8.85. The molecule has 2 atom stereocenters. The van der Waals surface area contributed by atoms with Crippen molar-refractivity contribution in [3.05, 3.63) is 42.2 Å². The number of nitrogens with one attached hydrogen (secondary N) is 1. The van der Waals surface area contributed by atoms with E-state index in [0.717, 1.165) is 57.5 Å². The van der Waals surface area contributed by atoms with Gasteiger partial charge < -0.3 is 15.8 Å². The molecule has 0 bridgehead atoms. The first kappa shape index (κ1) is 16.8. The number of amides is 1. The van der Waals surface area contributed by atoms with Crippen molar-refractivity contribution in [3.8, 4) is 0 Å². The molecule has 1 amide bonds. The zero-order valence-corrected chi connectivity index (χ0v) is 14.1. The third-order valence-corrected chi connectivity index (χ3v) is 4.82. The number of rotatable bonds is 6. The highest BCUT2D eigenvalue weighted by molar-refractivity contribution is 5.76. The van der Waals surface area contributed by atoms with Crippen LogP contribution in [0.3, 0.4) is 0 Å². The van der Waals surface area contributed by atoms with Crippen LogP contribution < -0.4 is 11.1 Å². The molecular formula is C19H27N3O2. The number of likely N-dealkylation sites (tertiary alicyclic amines) is 1. The molecule has 1 aromatic carbocycles. The molecule has 2 aliphatic rings. The molecule has 5 nitrogen and oxygen atoms in total. The van der Waals surface area contributed by atoms with E-state index in [1.807, 2.05) is 0 Å². The van der Waals surface area contributed by atoms with Crippen molar-refractivity contribution in [1.29, 1.82) is 0 Å². The minimum Gasteiger partial charge on any atom is -0.497 e. The topological polar surface area (TPSA) is 67.6 Å². The van der Waals surface area contributed by atoms with Gasteiger partial charge in [0.05, 0.1) is 18.7 Å². The first-order chi connectivity index (χ1) is 11.7. The highest BCUT2D eigenvalue weighted by Gasteiger charge is 2.23. The molecule has 0 saturated carbocycles. The lowest BCUT2D eigenvalue weighted by atomic mass is 9.97. The molecule has 0 radical (unpaired) electrons. The van der Waals surface area contributed by atoms with Gasteiger partial charge in [-0.3, -0.25) is 9.69 Å². The Hall–Kier alpha value is -2.01. The number of hydrogen-bond acceptors (Lipinski definition) is 4. The standard InChI is InChI=1S/C19H27N3O2/c20-19(23)16-4-3-10-22(14-16)13-15-6-8-17(9-7-15)21-12-18-5-1-2-11-24-18/h2,6-9,11,16,18,21H,1,3-5,10,12-14H2,(H2,20,23)/t16-,18+/m1/s1. The van der Waals surface area contributed by atoms with E-state index in [2.05, 4.69) is 40.6 Å². The van der Waals surface area contributed by atoms with Crippen molar-refractivity contribution >= 4 is 11.6 Å². The zero-order valence-electron chi connectivity index (χ0n) is 14.1. The van der Waals surface area contributed by atoms with E-state index in [4.69, 9.17) is 10.5 Å². The summed E-state index contributed by atoms with van der Waals surface area (Å²) in [6, 6.07) is 8.53. The van der Waals surface area contributed by atoms with Crippen LogP contribution in [0.2, 0.25) is 0 Å². The molecule has 2 heterocycles. The summed E-state index contributed by atoms with van der Waals surface area (Å²) in [4.78, 5) is 13.7. The Morgan fingerprint density at radius 3 is 2.83 bits per heavy atom. The number of nitrogens with two attached hydrogens (primary N) is 1. The quantitative estimate of drug-likeness (QED) is 0.841. The van der Waals surface area contributed by atoms with Crippen molar-refractivity contribution < 1.29 is 9.53 Å². The summed E-state index contributed by atoms with van der Waals surface area (Å²) < 4.78 is 5.57. The summed E-state index contributed by atoms with van der Waals surface area (Å²) in [5, 5.41) is 3.43. The van der Waals surface area contributed by atoms with Gasteiger partial charge in [-0.15, -0.1) is 0 Å². The Morgan fingerprint density at radius 1 is 1.29 bits per heavy atom. The van der Waals surface area contributed by atoms with Crippen molar-refractivity contribution in [3.63, 3.8) is 0 Å². The molecular weight excluding hydrogens is 302 g/mol. The van der Waals surface area contributed by atoms with Crippen molar-refractivity contribution in [2.75, 3.05) is 25.0 Å².